The van der Waals surface area contributed by atoms with Gasteiger partial charge in [-0.05, 0) is 56.9 Å². The molecule has 1 aliphatic carbocycles. The lowest BCUT2D eigenvalue weighted by Crippen LogP contribution is -2.61. The Labute approximate surface area is 141 Å². The molecule has 5 unspecified atom stereocenters. The van der Waals surface area contributed by atoms with E-state index in [0.29, 0.717) is 12.3 Å². The largest absolute Gasteiger partial charge is 0.314 e. The van der Waals surface area contributed by atoms with Crippen molar-refractivity contribution in [2.45, 2.75) is 63.3 Å². The number of hydrogen-bond acceptors (Lipinski definition) is 5. The van der Waals surface area contributed by atoms with Crippen LogP contribution in [0.5, 0.6) is 0 Å². The van der Waals surface area contributed by atoms with E-state index in [4.69, 9.17) is 0 Å². The number of nitrogens with one attached hydrogen (secondary N) is 4. The van der Waals surface area contributed by atoms with Gasteiger partial charge in [-0.15, -0.1) is 0 Å². The van der Waals surface area contributed by atoms with E-state index in [1.54, 1.807) is 0 Å². The van der Waals surface area contributed by atoms with Crippen LogP contribution in [-0.2, 0) is 0 Å². The number of fused-ring (bicyclic) bond motifs is 5. The Morgan fingerprint density at radius 2 is 1.78 bits per heavy atom. The first-order valence-corrected chi connectivity index (χ1v) is 10.0. The Morgan fingerprint density at radius 1 is 0.826 bits per heavy atom. The molecule has 4 N–H and O–H groups in total. The first kappa shape index (κ1) is 16.3. The van der Waals surface area contributed by atoms with E-state index in [9.17, 15) is 0 Å². The van der Waals surface area contributed by atoms with Gasteiger partial charge in [-0.25, -0.2) is 0 Å². The Kier molecular flexibility index (Phi) is 5.51. The van der Waals surface area contributed by atoms with Crippen LogP contribution >= 0.6 is 0 Å². The molecule has 1 saturated carbocycles. The fourth-order valence-electron chi connectivity index (χ4n) is 5.23. The summed E-state index contributed by atoms with van der Waals surface area (Å²) >= 11 is 0. The number of hydrogen-bond donors (Lipinski definition) is 4. The molecule has 5 heteroatoms. The normalized spacial score (nSPS) is 43.6. The molecule has 0 spiro atoms. The zero-order valence-corrected chi connectivity index (χ0v) is 14.5. The van der Waals surface area contributed by atoms with Crippen LogP contribution in [0.2, 0.25) is 0 Å². The van der Waals surface area contributed by atoms with Gasteiger partial charge in [-0.3, -0.25) is 20.9 Å². The second-order valence-electron chi connectivity index (χ2n) is 8.28. The average Bonchev–Trinajstić information content (AvgIpc) is 2.60. The third-order valence-corrected chi connectivity index (χ3v) is 6.56. The second-order valence-corrected chi connectivity index (χ2v) is 8.28. The fourth-order valence-corrected chi connectivity index (χ4v) is 5.23. The van der Waals surface area contributed by atoms with E-state index in [0.717, 1.165) is 24.4 Å². The highest BCUT2D eigenvalue weighted by atomic mass is 15.3. The van der Waals surface area contributed by atoms with Crippen molar-refractivity contribution in [1.82, 2.24) is 26.2 Å². The van der Waals surface area contributed by atoms with Crippen LogP contribution in [0.4, 0.5) is 0 Å². The average molecular weight is 322 g/mol. The molecule has 0 aromatic rings. The minimum Gasteiger partial charge on any atom is -0.314 e. The van der Waals surface area contributed by atoms with Crippen molar-refractivity contribution in [3.8, 4) is 0 Å². The Bertz CT molecular complexity index is 376. The van der Waals surface area contributed by atoms with Gasteiger partial charge < -0.3 is 5.32 Å². The molecule has 4 bridgehead atoms. The van der Waals surface area contributed by atoms with Gasteiger partial charge in [0.15, 0.2) is 0 Å². The van der Waals surface area contributed by atoms with Crippen LogP contribution in [0.1, 0.15) is 44.9 Å². The van der Waals surface area contributed by atoms with Crippen molar-refractivity contribution < 1.29 is 0 Å². The molecule has 4 aliphatic rings. The van der Waals surface area contributed by atoms with Crippen LogP contribution < -0.4 is 21.3 Å². The molecular weight excluding hydrogens is 286 g/mol. The minimum absolute atomic E-state index is 0.329. The topological polar surface area (TPSA) is 51.4 Å². The fraction of sp³-hybridized carbons (Fsp3) is 1.00. The van der Waals surface area contributed by atoms with Crippen molar-refractivity contribution in [2.24, 2.45) is 11.8 Å². The number of piperazine rings is 1. The summed E-state index contributed by atoms with van der Waals surface area (Å²) in [4.78, 5) is 2.83. The van der Waals surface area contributed by atoms with Crippen LogP contribution in [0.15, 0.2) is 0 Å². The molecule has 3 saturated heterocycles. The van der Waals surface area contributed by atoms with Gasteiger partial charge in [0.25, 0.3) is 0 Å². The minimum atomic E-state index is 0.329. The van der Waals surface area contributed by atoms with Crippen molar-refractivity contribution in [1.29, 1.82) is 0 Å². The maximum Gasteiger partial charge on any atom is 0.112 e. The molecule has 4 rings (SSSR count). The molecule has 0 radical (unpaired) electrons. The monoisotopic (exact) mass is 321 g/mol. The second kappa shape index (κ2) is 7.79. The molecule has 5 nitrogen and oxygen atoms in total. The summed E-state index contributed by atoms with van der Waals surface area (Å²) in [7, 11) is 0. The lowest BCUT2D eigenvalue weighted by Gasteiger charge is -2.40. The molecular formula is C18H35N5. The highest BCUT2D eigenvalue weighted by molar-refractivity contribution is 4.88. The first-order chi connectivity index (χ1) is 11.4. The van der Waals surface area contributed by atoms with Gasteiger partial charge in [-0.1, -0.05) is 6.42 Å². The van der Waals surface area contributed by atoms with Gasteiger partial charge >= 0.3 is 0 Å². The smallest absolute Gasteiger partial charge is 0.112 e. The summed E-state index contributed by atoms with van der Waals surface area (Å²) < 4.78 is 0. The molecule has 0 aromatic heterocycles. The SMILES string of the molecule is C1CC2CNC3NCCC(CCC4CNCCN4CC(C1)C2)N3. The standard InChI is InChI=1S/C18H35N5/c1-2-14-10-15(3-1)13-23-9-8-19-12-17(23)5-4-16-6-7-20-18(22-16)21-11-14/h14-22H,1-13H2. The zero-order valence-electron chi connectivity index (χ0n) is 14.5. The van der Waals surface area contributed by atoms with Crippen LogP contribution in [0.3, 0.4) is 0 Å². The molecule has 0 amide bonds. The predicted molar refractivity (Wildman–Crippen MR) is 94.2 cm³/mol. The number of rotatable bonds is 0. The molecule has 23 heavy (non-hydrogen) atoms. The van der Waals surface area contributed by atoms with E-state index < -0.39 is 0 Å². The molecule has 3 heterocycles. The van der Waals surface area contributed by atoms with Gasteiger partial charge in [0.2, 0.25) is 0 Å². The number of nitrogens with zero attached hydrogens (tertiary/aromatic N) is 1. The lowest BCUT2D eigenvalue weighted by atomic mass is 9.80. The van der Waals surface area contributed by atoms with E-state index >= 15 is 0 Å². The zero-order chi connectivity index (χ0) is 15.5. The third-order valence-electron chi connectivity index (χ3n) is 6.56. The molecule has 4 fully saturated rings. The van der Waals surface area contributed by atoms with Gasteiger partial charge in [0.1, 0.15) is 6.29 Å². The van der Waals surface area contributed by atoms with Crippen LogP contribution in [-0.4, -0.2) is 62.5 Å². The summed E-state index contributed by atoms with van der Waals surface area (Å²) in [6.45, 7) is 7.31. The Balaban J connectivity index is 1.46. The van der Waals surface area contributed by atoms with Gasteiger partial charge in [0, 0.05) is 44.8 Å². The summed E-state index contributed by atoms with van der Waals surface area (Å²) in [5.41, 5.74) is 0. The van der Waals surface area contributed by atoms with E-state index in [2.05, 4.69) is 26.2 Å². The van der Waals surface area contributed by atoms with Crippen molar-refractivity contribution >= 4 is 0 Å². The third kappa shape index (κ3) is 4.26. The molecule has 3 aliphatic heterocycles. The summed E-state index contributed by atoms with van der Waals surface area (Å²) in [5, 5.41) is 14.8. The Morgan fingerprint density at radius 3 is 2.78 bits per heavy atom. The van der Waals surface area contributed by atoms with E-state index in [1.807, 2.05) is 0 Å². The van der Waals surface area contributed by atoms with Crippen LogP contribution in [0.25, 0.3) is 0 Å². The van der Waals surface area contributed by atoms with Crippen LogP contribution in [0, 0.1) is 11.8 Å². The maximum absolute atomic E-state index is 3.80. The van der Waals surface area contributed by atoms with Gasteiger partial charge in [-0.2, -0.15) is 0 Å². The Hall–Kier alpha value is -0.200. The van der Waals surface area contributed by atoms with Crippen molar-refractivity contribution in [3.05, 3.63) is 0 Å². The summed E-state index contributed by atoms with van der Waals surface area (Å²) in [6, 6.07) is 1.44. The summed E-state index contributed by atoms with van der Waals surface area (Å²) in [5.74, 6) is 1.80. The lowest BCUT2D eigenvalue weighted by molar-refractivity contribution is 0.105. The molecule has 5 atom stereocenters. The first-order valence-electron chi connectivity index (χ1n) is 10.0. The van der Waals surface area contributed by atoms with Crippen molar-refractivity contribution in [3.63, 3.8) is 0 Å². The van der Waals surface area contributed by atoms with E-state index in [1.165, 1.54) is 77.7 Å². The highest BCUT2D eigenvalue weighted by Gasteiger charge is 2.30. The van der Waals surface area contributed by atoms with E-state index in [-0.39, 0.29) is 0 Å². The summed E-state index contributed by atoms with van der Waals surface area (Å²) in [6.07, 6.45) is 9.99. The molecule has 132 valence electrons. The van der Waals surface area contributed by atoms with Gasteiger partial charge in [0.05, 0.1) is 0 Å². The predicted octanol–water partition coefficient (Wildman–Crippen LogP) is 0.685. The highest BCUT2D eigenvalue weighted by Crippen LogP contribution is 2.30. The van der Waals surface area contributed by atoms with Crippen molar-refractivity contribution in [2.75, 3.05) is 39.3 Å². The quantitative estimate of drug-likeness (QED) is 0.529. The molecule has 0 aromatic carbocycles. The maximum atomic E-state index is 3.80.